The van der Waals surface area contributed by atoms with Gasteiger partial charge >= 0.3 is 0 Å². The Morgan fingerprint density at radius 2 is 2.15 bits per heavy atom. The molecule has 1 aliphatic rings. The average Bonchev–Trinajstić information content (AvgIpc) is 3.24. The smallest absolute Gasteiger partial charge is 0.269 e. The van der Waals surface area contributed by atoms with Crippen molar-refractivity contribution in [1.82, 2.24) is 30.4 Å². The molecule has 0 radical (unpaired) electrons. The molecule has 0 saturated heterocycles. The molecule has 26 heavy (non-hydrogen) atoms. The highest BCUT2D eigenvalue weighted by atomic mass is 16.2. The fourth-order valence-corrected chi connectivity index (χ4v) is 2.88. The lowest BCUT2D eigenvalue weighted by molar-refractivity contribution is -0.113. The normalized spacial score (nSPS) is 13.8. The predicted molar refractivity (Wildman–Crippen MR) is 92.2 cm³/mol. The van der Waals surface area contributed by atoms with Crippen molar-refractivity contribution in [2.75, 3.05) is 17.3 Å². The van der Waals surface area contributed by atoms with E-state index < -0.39 is 5.91 Å². The number of rotatable bonds is 3. The van der Waals surface area contributed by atoms with Crippen LogP contribution in [0.3, 0.4) is 0 Å². The van der Waals surface area contributed by atoms with Gasteiger partial charge in [0.2, 0.25) is 5.95 Å². The lowest BCUT2D eigenvalue weighted by Gasteiger charge is -2.26. The Hall–Kier alpha value is -3.76. The van der Waals surface area contributed by atoms with Gasteiger partial charge in [-0.25, -0.2) is 4.68 Å². The van der Waals surface area contributed by atoms with Gasteiger partial charge in [-0.3, -0.25) is 14.7 Å². The van der Waals surface area contributed by atoms with Crippen LogP contribution >= 0.6 is 0 Å². The zero-order valence-corrected chi connectivity index (χ0v) is 14.0. The van der Waals surface area contributed by atoms with Gasteiger partial charge in [0.1, 0.15) is 0 Å². The number of aromatic amines is 1. The number of tetrazole rings is 1. The molecule has 0 spiro atoms. The summed E-state index contributed by atoms with van der Waals surface area (Å²) in [5, 5.41) is 21.4. The number of nitrogens with one attached hydrogen (secondary N) is 2. The van der Waals surface area contributed by atoms with E-state index in [0.717, 1.165) is 5.70 Å². The van der Waals surface area contributed by atoms with Crippen LogP contribution in [0, 0.1) is 0 Å². The summed E-state index contributed by atoms with van der Waals surface area (Å²) in [7, 11) is 1.79. The minimum atomic E-state index is -0.640. The Bertz CT molecular complexity index is 1080. The minimum absolute atomic E-state index is 0.127. The van der Waals surface area contributed by atoms with Crippen LogP contribution < -0.4 is 16.0 Å². The number of hydrogen-bond acceptors (Lipinski definition) is 7. The Labute approximate surface area is 146 Å². The number of amides is 2. The zero-order valence-electron chi connectivity index (χ0n) is 14.0. The quantitative estimate of drug-likeness (QED) is 0.600. The summed E-state index contributed by atoms with van der Waals surface area (Å²) in [4.78, 5) is 26.0. The molecule has 11 heteroatoms. The highest BCUT2D eigenvalue weighted by molar-refractivity contribution is 6.08. The minimum Gasteiger partial charge on any atom is -0.364 e. The number of anilines is 2. The topological polar surface area (TPSA) is 148 Å². The standard InChI is InChI=1S/C15H15N9O2/c1-7-10(6-24-15(23(7)2)20-21-22-24)14(26)17-8-3-4-11-9(5-8)12(13(16)25)19-18-11/h3-5H,6H2,1-2H3,(H2,16,25)(H,17,26)(H,18,19). The van der Waals surface area contributed by atoms with Crippen LogP contribution in [0.2, 0.25) is 0 Å². The molecule has 2 amide bonds. The number of hydrogen-bond donors (Lipinski definition) is 3. The van der Waals surface area contributed by atoms with E-state index in [1.165, 1.54) is 0 Å². The number of fused-ring (bicyclic) bond motifs is 2. The third-order valence-electron chi connectivity index (χ3n) is 4.39. The van der Waals surface area contributed by atoms with Crippen molar-refractivity contribution in [2.24, 2.45) is 5.73 Å². The number of H-pyrrole nitrogens is 1. The molecule has 4 N–H and O–H groups in total. The molecule has 1 aromatic carbocycles. The molecule has 0 saturated carbocycles. The van der Waals surface area contributed by atoms with E-state index in [1.54, 1.807) is 34.8 Å². The van der Waals surface area contributed by atoms with Crippen molar-refractivity contribution >= 4 is 34.4 Å². The van der Waals surface area contributed by atoms with Crippen LogP contribution in [0.25, 0.3) is 10.9 Å². The Morgan fingerprint density at radius 1 is 1.35 bits per heavy atom. The first-order valence-corrected chi connectivity index (χ1v) is 7.74. The molecule has 1 aliphatic heterocycles. The molecular formula is C15H15N9O2. The summed E-state index contributed by atoms with van der Waals surface area (Å²) in [6.07, 6.45) is 0. The summed E-state index contributed by atoms with van der Waals surface area (Å²) < 4.78 is 1.55. The van der Waals surface area contributed by atoms with E-state index in [4.69, 9.17) is 5.73 Å². The first kappa shape index (κ1) is 15.7. The molecular weight excluding hydrogens is 338 g/mol. The van der Waals surface area contributed by atoms with E-state index in [0.29, 0.717) is 28.1 Å². The van der Waals surface area contributed by atoms with Crippen LogP contribution in [0.1, 0.15) is 17.4 Å². The molecule has 3 heterocycles. The maximum atomic E-state index is 12.8. The first-order chi connectivity index (χ1) is 12.5. The van der Waals surface area contributed by atoms with Crippen molar-refractivity contribution in [3.05, 3.63) is 35.2 Å². The second-order valence-corrected chi connectivity index (χ2v) is 5.91. The van der Waals surface area contributed by atoms with E-state index in [2.05, 4.69) is 31.0 Å². The largest absolute Gasteiger partial charge is 0.364 e. The number of allylic oxidation sites excluding steroid dienone is 1. The molecule has 0 aliphatic carbocycles. The van der Waals surface area contributed by atoms with Gasteiger partial charge in [0.15, 0.2) is 5.69 Å². The number of nitrogens with two attached hydrogens (primary N) is 1. The molecule has 0 bridgehead atoms. The van der Waals surface area contributed by atoms with Crippen molar-refractivity contribution in [2.45, 2.75) is 13.5 Å². The molecule has 132 valence electrons. The van der Waals surface area contributed by atoms with Gasteiger partial charge in [0, 0.05) is 23.8 Å². The van der Waals surface area contributed by atoms with Crippen LogP contribution in [-0.2, 0) is 11.3 Å². The highest BCUT2D eigenvalue weighted by Crippen LogP contribution is 2.25. The summed E-state index contributed by atoms with van der Waals surface area (Å²) in [6.45, 7) is 2.10. The number of primary amides is 1. The first-order valence-electron chi connectivity index (χ1n) is 7.74. The summed E-state index contributed by atoms with van der Waals surface area (Å²) in [6, 6.07) is 5.09. The van der Waals surface area contributed by atoms with E-state index in [9.17, 15) is 9.59 Å². The molecule has 2 aromatic heterocycles. The van der Waals surface area contributed by atoms with Gasteiger partial charge in [-0.1, -0.05) is 5.10 Å². The third kappa shape index (κ3) is 2.37. The van der Waals surface area contributed by atoms with Crippen molar-refractivity contribution in [3.63, 3.8) is 0 Å². The molecule has 0 atom stereocenters. The van der Waals surface area contributed by atoms with Crippen LogP contribution in [0.4, 0.5) is 11.6 Å². The predicted octanol–water partition coefficient (Wildman–Crippen LogP) is 0.0108. The van der Waals surface area contributed by atoms with E-state index in [-0.39, 0.29) is 18.1 Å². The number of carbonyl (C=O) groups is 2. The maximum Gasteiger partial charge on any atom is 0.269 e. The lowest BCUT2D eigenvalue weighted by Crippen LogP contribution is -2.32. The molecule has 3 aromatic rings. The van der Waals surface area contributed by atoms with Gasteiger partial charge in [0.05, 0.1) is 17.6 Å². The van der Waals surface area contributed by atoms with Crippen molar-refractivity contribution < 1.29 is 9.59 Å². The van der Waals surface area contributed by atoms with Gasteiger partial charge in [-0.05, 0) is 35.5 Å². The van der Waals surface area contributed by atoms with E-state index >= 15 is 0 Å². The second-order valence-electron chi connectivity index (χ2n) is 5.91. The number of benzene rings is 1. The van der Waals surface area contributed by atoms with Crippen molar-refractivity contribution in [3.8, 4) is 0 Å². The summed E-state index contributed by atoms with van der Waals surface area (Å²) >= 11 is 0. The highest BCUT2D eigenvalue weighted by Gasteiger charge is 2.26. The average molecular weight is 353 g/mol. The van der Waals surface area contributed by atoms with Gasteiger partial charge in [-0.2, -0.15) is 5.10 Å². The molecule has 0 unspecified atom stereocenters. The zero-order chi connectivity index (χ0) is 18.4. The summed E-state index contributed by atoms with van der Waals surface area (Å²) in [5.74, 6) is -0.345. The van der Waals surface area contributed by atoms with Crippen LogP contribution in [0.15, 0.2) is 29.5 Å². The second kappa shape index (κ2) is 5.65. The fourth-order valence-electron chi connectivity index (χ4n) is 2.88. The monoisotopic (exact) mass is 353 g/mol. The Kier molecular flexibility index (Phi) is 3.42. The maximum absolute atomic E-state index is 12.8. The Morgan fingerprint density at radius 3 is 2.92 bits per heavy atom. The summed E-state index contributed by atoms with van der Waals surface area (Å²) in [5.41, 5.74) is 7.92. The fraction of sp³-hybridized carbons (Fsp3) is 0.200. The molecule has 11 nitrogen and oxygen atoms in total. The van der Waals surface area contributed by atoms with Crippen molar-refractivity contribution in [1.29, 1.82) is 0 Å². The number of aromatic nitrogens is 6. The molecule has 4 rings (SSSR count). The SMILES string of the molecule is CC1=C(C(=O)Nc2ccc3[nH]nc(C(N)=O)c3c2)Cn2nnnc2N1C. The molecule has 0 fully saturated rings. The third-order valence-corrected chi connectivity index (χ3v) is 4.39. The number of carbonyl (C=O) groups excluding carboxylic acids is 2. The van der Waals surface area contributed by atoms with Gasteiger partial charge in [-0.15, -0.1) is 0 Å². The lowest BCUT2D eigenvalue weighted by atomic mass is 10.1. The van der Waals surface area contributed by atoms with Crippen LogP contribution in [-0.4, -0.2) is 49.3 Å². The Balaban J connectivity index is 1.64. The van der Waals surface area contributed by atoms with Crippen LogP contribution in [0.5, 0.6) is 0 Å². The van der Waals surface area contributed by atoms with Gasteiger partial charge in [0.25, 0.3) is 11.8 Å². The van der Waals surface area contributed by atoms with Gasteiger partial charge < -0.3 is 16.0 Å². The van der Waals surface area contributed by atoms with E-state index in [1.807, 2.05) is 6.92 Å². The number of nitrogens with zero attached hydrogens (tertiary/aromatic N) is 6.